The smallest absolute Gasteiger partial charge is 0.256 e. The Kier molecular flexibility index (Phi) is 8.44. The van der Waals surface area contributed by atoms with Crippen molar-refractivity contribution in [2.75, 3.05) is 11.9 Å². The third-order valence-electron chi connectivity index (χ3n) is 4.10. The van der Waals surface area contributed by atoms with E-state index in [9.17, 15) is 10.1 Å². The van der Waals surface area contributed by atoms with Gasteiger partial charge in [-0.05, 0) is 45.2 Å². The van der Waals surface area contributed by atoms with Crippen molar-refractivity contribution in [3.05, 3.63) is 23.8 Å². The molecule has 0 heterocycles. The molecule has 0 spiro atoms. The molecule has 0 aliphatic carbocycles. The highest BCUT2D eigenvalue weighted by Crippen LogP contribution is 2.26. The van der Waals surface area contributed by atoms with Gasteiger partial charge in [-0.2, -0.15) is 5.26 Å². The lowest BCUT2D eigenvalue weighted by atomic mass is 9.98. The molecule has 138 valence electrons. The number of hydrogen-bond acceptors (Lipinski definition) is 4. The summed E-state index contributed by atoms with van der Waals surface area (Å²) in [5, 5.41) is 12.3. The highest BCUT2D eigenvalue weighted by molar-refractivity contribution is 5.98. The van der Waals surface area contributed by atoms with E-state index < -0.39 is 5.60 Å². The van der Waals surface area contributed by atoms with Crippen molar-refractivity contribution in [3.63, 3.8) is 0 Å². The van der Waals surface area contributed by atoms with Crippen LogP contribution >= 0.6 is 0 Å². The summed E-state index contributed by atoms with van der Waals surface area (Å²) in [6, 6.07) is 7.26. The van der Waals surface area contributed by atoms with Gasteiger partial charge in [-0.1, -0.05) is 27.2 Å². The lowest BCUT2D eigenvalue weighted by Crippen LogP contribution is -2.43. The van der Waals surface area contributed by atoms with Crippen molar-refractivity contribution in [2.24, 2.45) is 0 Å². The second kappa shape index (κ2) is 10.0. The van der Waals surface area contributed by atoms with Crippen molar-refractivity contribution < 1.29 is 14.3 Å². The molecule has 5 nitrogen and oxygen atoms in total. The summed E-state index contributed by atoms with van der Waals surface area (Å²) in [4.78, 5) is 12.7. The van der Waals surface area contributed by atoms with Gasteiger partial charge in [0, 0.05) is 12.7 Å². The van der Waals surface area contributed by atoms with Crippen molar-refractivity contribution >= 4 is 11.6 Å². The molecule has 0 saturated carbocycles. The monoisotopic (exact) mass is 346 g/mol. The first-order valence-corrected chi connectivity index (χ1v) is 9.06. The summed E-state index contributed by atoms with van der Waals surface area (Å²) in [6.07, 6.45) is 3.25. The van der Waals surface area contributed by atoms with Gasteiger partial charge in [0.1, 0.15) is 17.4 Å². The van der Waals surface area contributed by atoms with E-state index in [1.54, 1.807) is 25.1 Å². The topological polar surface area (TPSA) is 71.3 Å². The molecule has 25 heavy (non-hydrogen) atoms. The van der Waals surface area contributed by atoms with Gasteiger partial charge >= 0.3 is 0 Å². The van der Waals surface area contributed by atoms with Crippen LogP contribution in [0.4, 0.5) is 5.69 Å². The Morgan fingerprint density at radius 1 is 1.32 bits per heavy atom. The van der Waals surface area contributed by atoms with Gasteiger partial charge in [0.25, 0.3) is 5.91 Å². The minimum Gasteiger partial charge on any atom is -0.491 e. The Balaban J connectivity index is 2.96. The number of rotatable bonds is 10. The normalized spacial score (nSPS) is 14.2. The first kappa shape index (κ1) is 21.0. The molecule has 0 radical (unpaired) electrons. The highest BCUT2D eigenvalue weighted by Gasteiger charge is 2.33. The van der Waals surface area contributed by atoms with E-state index in [1.807, 2.05) is 27.7 Å². The zero-order valence-corrected chi connectivity index (χ0v) is 16.0. The van der Waals surface area contributed by atoms with Crippen molar-refractivity contribution in [3.8, 4) is 11.8 Å². The Morgan fingerprint density at radius 2 is 2.04 bits per heavy atom. The van der Waals surface area contributed by atoms with Gasteiger partial charge in [0.15, 0.2) is 0 Å². The molecule has 1 amide bonds. The molecule has 0 aliphatic rings. The molecule has 1 N–H and O–H groups in total. The first-order valence-electron chi connectivity index (χ1n) is 9.06. The van der Waals surface area contributed by atoms with Gasteiger partial charge in [-0.3, -0.25) is 4.79 Å². The summed E-state index contributed by atoms with van der Waals surface area (Å²) >= 11 is 0. The largest absolute Gasteiger partial charge is 0.491 e. The molecule has 0 aromatic heterocycles. The summed E-state index contributed by atoms with van der Waals surface area (Å²) in [5.41, 5.74) is -0.0430. The number of nitrogens with one attached hydrogen (secondary N) is 1. The maximum absolute atomic E-state index is 12.7. The predicted molar refractivity (Wildman–Crippen MR) is 99.7 cm³/mol. The molecule has 0 bridgehead atoms. The molecule has 5 heteroatoms. The molecule has 0 unspecified atom stereocenters. The maximum Gasteiger partial charge on any atom is 0.256 e. The van der Waals surface area contributed by atoms with Crippen LogP contribution < -0.4 is 10.1 Å². The fraction of sp³-hybridized carbons (Fsp3) is 0.600. The maximum atomic E-state index is 12.7. The van der Waals surface area contributed by atoms with E-state index >= 15 is 0 Å². The van der Waals surface area contributed by atoms with Crippen molar-refractivity contribution in [2.45, 2.75) is 72.0 Å². The SMILES string of the molecule is CCCO[C@](C)(CCC)C(=O)Nc1ccc(O[C@H](C)CC)cc1C#N. The van der Waals surface area contributed by atoms with E-state index in [4.69, 9.17) is 9.47 Å². The number of benzene rings is 1. The lowest BCUT2D eigenvalue weighted by Gasteiger charge is -2.28. The van der Waals surface area contributed by atoms with Gasteiger partial charge < -0.3 is 14.8 Å². The number of amides is 1. The van der Waals surface area contributed by atoms with Crippen LogP contribution in [0.25, 0.3) is 0 Å². The van der Waals surface area contributed by atoms with Gasteiger partial charge in [0.05, 0.1) is 17.4 Å². The minimum atomic E-state index is -0.899. The molecule has 1 rings (SSSR count). The fourth-order valence-electron chi connectivity index (χ4n) is 2.42. The Hall–Kier alpha value is -2.06. The van der Waals surface area contributed by atoms with Crippen LogP contribution in [-0.4, -0.2) is 24.2 Å². The Labute approximate surface area is 151 Å². The summed E-state index contributed by atoms with van der Waals surface area (Å²) < 4.78 is 11.5. The van der Waals surface area contributed by atoms with Crippen LogP contribution in [0, 0.1) is 11.3 Å². The zero-order valence-electron chi connectivity index (χ0n) is 16.0. The third-order valence-corrected chi connectivity index (χ3v) is 4.10. The van der Waals surface area contributed by atoms with E-state index in [2.05, 4.69) is 11.4 Å². The average Bonchev–Trinajstić information content (AvgIpc) is 2.61. The van der Waals surface area contributed by atoms with Crippen LogP contribution in [0.3, 0.4) is 0 Å². The van der Waals surface area contributed by atoms with Crippen LogP contribution in [-0.2, 0) is 9.53 Å². The molecular formula is C20H30N2O3. The zero-order chi connectivity index (χ0) is 18.9. The quantitative estimate of drug-likeness (QED) is 0.669. The number of nitrogens with zero attached hydrogens (tertiary/aromatic N) is 1. The number of carbonyl (C=O) groups excluding carboxylic acids is 1. The number of anilines is 1. The first-order chi connectivity index (χ1) is 11.9. The van der Waals surface area contributed by atoms with Crippen LogP contribution in [0.15, 0.2) is 18.2 Å². The van der Waals surface area contributed by atoms with Gasteiger partial charge in [-0.25, -0.2) is 0 Å². The highest BCUT2D eigenvalue weighted by atomic mass is 16.5. The minimum absolute atomic E-state index is 0.0715. The van der Waals surface area contributed by atoms with Crippen LogP contribution in [0.5, 0.6) is 5.75 Å². The molecule has 1 aromatic rings. The van der Waals surface area contributed by atoms with Gasteiger partial charge in [0.2, 0.25) is 0 Å². The van der Waals surface area contributed by atoms with Gasteiger partial charge in [-0.15, -0.1) is 0 Å². The van der Waals surface area contributed by atoms with E-state index in [0.717, 1.165) is 19.3 Å². The summed E-state index contributed by atoms with van der Waals surface area (Å²) in [6.45, 7) is 10.4. The second-order valence-electron chi connectivity index (χ2n) is 6.44. The number of carbonyl (C=O) groups is 1. The van der Waals surface area contributed by atoms with E-state index in [1.165, 1.54) is 0 Å². The van der Waals surface area contributed by atoms with Crippen molar-refractivity contribution in [1.29, 1.82) is 5.26 Å². The molecule has 0 aliphatic heterocycles. The Bertz CT molecular complexity index is 609. The average molecular weight is 346 g/mol. The number of hydrogen-bond donors (Lipinski definition) is 1. The van der Waals surface area contributed by atoms with E-state index in [0.29, 0.717) is 30.0 Å². The van der Waals surface area contributed by atoms with Crippen molar-refractivity contribution in [1.82, 2.24) is 0 Å². The number of ether oxygens (including phenoxy) is 2. The fourth-order valence-corrected chi connectivity index (χ4v) is 2.42. The number of nitriles is 1. The summed E-state index contributed by atoms with van der Waals surface area (Å²) in [7, 11) is 0. The second-order valence-corrected chi connectivity index (χ2v) is 6.44. The Morgan fingerprint density at radius 3 is 2.60 bits per heavy atom. The standard InChI is InChI=1S/C20H30N2O3/c1-6-11-20(5,24-12-7-2)19(23)22-18-10-9-17(13-16(18)14-21)25-15(4)8-3/h9-10,13,15H,6-8,11-12H2,1-5H3,(H,22,23)/t15-,20-/m1/s1. The molecule has 1 aromatic carbocycles. The summed E-state index contributed by atoms with van der Waals surface area (Å²) in [5.74, 6) is 0.400. The molecule has 0 fully saturated rings. The molecule has 2 atom stereocenters. The van der Waals surface area contributed by atoms with E-state index in [-0.39, 0.29) is 12.0 Å². The molecule has 0 saturated heterocycles. The molecular weight excluding hydrogens is 316 g/mol. The van der Waals surface area contributed by atoms with Crippen LogP contribution in [0.1, 0.15) is 65.9 Å². The lowest BCUT2D eigenvalue weighted by molar-refractivity contribution is -0.140. The predicted octanol–water partition coefficient (Wildman–Crippen LogP) is 4.66. The third kappa shape index (κ3) is 6.06. The van der Waals surface area contributed by atoms with Crippen LogP contribution in [0.2, 0.25) is 0 Å².